The van der Waals surface area contributed by atoms with Crippen molar-refractivity contribution in [3.63, 3.8) is 0 Å². The van der Waals surface area contributed by atoms with Crippen molar-refractivity contribution in [2.24, 2.45) is 0 Å². The van der Waals surface area contributed by atoms with E-state index >= 15 is 0 Å². The minimum Gasteiger partial charge on any atom is -0.496 e. The van der Waals surface area contributed by atoms with Gasteiger partial charge in [-0.05, 0) is 43.7 Å². The van der Waals surface area contributed by atoms with Gasteiger partial charge >= 0.3 is 5.97 Å². The monoisotopic (exact) mass is 274 g/mol. The molecule has 2 rings (SSSR count). The van der Waals surface area contributed by atoms with E-state index in [4.69, 9.17) is 9.47 Å². The molecule has 0 amide bonds. The van der Waals surface area contributed by atoms with Gasteiger partial charge in [-0.3, -0.25) is 0 Å². The van der Waals surface area contributed by atoms with E-state index in [9.17, 15) is 9.18 Å². The summed E-state index contributed by atoms with van der Waals surface area (Å²) in [6, 6.07) is 9.20. The molecule has 3 nitrogen and oxygen atoms in total. The third-order valence-corrected chi connectivity index (χ3v) is 2.91. The molecule has 0 radical (unpaired) electrons. The van der Waals surface area contributed by atoms with Gasteiger partial charge in [-0.2, -0.15) is 0 Å². The van der Waals surface area contributed by atoms with E-state index in [2.05, 4.69) is 0 Å². The van der Waals surface area contributed by atoms with E-state index in [0.29, 0.717) is 5.75 Å². The second-order valence-electron chi connectivity index (χ2n) is 4.50. The largest absolute Gasteiger partial charge is 0.496 e. The Bertz CT molecular complexity index is 650. The molecule has 0 aliphatic heterocycles. The van der Waals surface area contributed by atoms with Crippen LogP contribution < -0.4 is 9.47 Å². The van der Waals surface area contributed by atoms with Crippen LogP contribution in [0.5, 0.6) is 11.5 Å². The summed E-state index contributed by atoms with van der Waals surface area (Å²) in [5.41, 5.74) is 1.98. The van der Waals surface area contributed by atoms with Gasteiger partial charge in [0, 0.05) is 0 Å². The zero-order valence-corrected chi connectivity index (χ0v) is 11.6. The summed E-state index contributed by atoms with van der Waals surface area (Å²) in [7, 11) is 1.42. The normalized spacial score (nSPS) is 10.2. The fraction of sp³-hybridized carbons (Fsp3) is 0.188. The van der Waals surface area contributed by atoms with Crippen LogP contribution in [0.4, 0.5) is 4.39 Å². The lowest BCUT2D eigenvalue weighted by atomic mass is 10.1. The van der Waals surface area contributed by atoms with Crippen molar-refractivity contribution >= 4 is 5.97 Å². The van der Waals surface area contributed by atoms with Crippen LogP contribution in [0.15, 0.2) is 36.4 Å². The van der Waals surface area contributed by atoms with Crippen LogP contribution in [0, 0.1) is 19.7 Å². The number of benzene rings is 2. The summed E-state index contributed by atoms with van der Waals surface area (Å²) in [5, 5.41) is 0. The SMILES string of the molecule is COc1ccc(F)cc1C(=O)Oc1ccc(C)cc1C. The Balaban J connectivity index is 2.30. The number of hydrogen-bond donors (Lipinski definition) is 0. The molecule has 0 fully saturated rings. The summed E-state index contributed by atoms with van der Waals surface area (Å²) in [5.74, 6) is -0.431. The molecule has 4 heteroatoms. The number of carbonyl (C=O) groups is 1. The van der Waals surface area contributed by atoms with E-state index in [1.54, 1.807) is 6.07 Å². The minimum atomic E-state index is -0.645. The molecule has 20 heavy (non-hydrogen) atoms. The lowest BCUT2D eigenvalue weighted by Gasteiger charge is -2.10. The molecule has 0 heterocycles. The Morgan fingerprint density at radius 2 is 1.75 bits per heavy atom. The second-order valence-corrected chi connectivity index (χ2v) is 4.50. The van der Waals surface area contributed by atoms with Crippen molar-refractivity contribution in [3.8, 4) is 11.5 Å². The number of hydrogen-bond acceptors (Lipinski definition) is 3. The maximum Gasteiger partial charge on any atom is 0.347 e. The number of esters is 1. The fourth-order valence-electron chi connectivity index (χ4n) is 1.91. The van der Waals surface area contributed by atoms with Crippen molar-refractivity contribution in [2.45, 2.75) is 13.8 Å². The third kappa shape index (κ3) is 2.96. The third-order valence-electron chi connectivity index (χ3n) is 2.91. The van der Waals surface area contributed by atoms with Crippen molar-refractivity contribution in [2.75, 3.05) is 7.11 Å². The topological polar surface area (TPSA) is 35.5 Å². The molecular weight excluding hydrogens is 259 g/mol. The van der Waals surface area contributed by atoms with Gasteiger partial charge in [0.25, 0.3) is 0 Å². The Hall–Kier alpha value is -2.36. The Labute approximate surface area is 117 Å². The predicted octanol–water partition coefficient (Wildman–Crippen LogP) is 3.67. The molecule has 104 valence electrons. The van der Waals surface area contributed by atoms with Crippen molar-refractivity contribution in [1.82, 2.24) is 0 Å². The quantitative estimate of drug-likeness (QED) is 0.633. The van der Waals surface area contributed by atoms with E-state index in [1.165, 1.54) is 19.2 Å². The van der Waals surface area contributed by atoms with E-state index in [-0.39, 0.29) is 11.3 Å². The van der Waals surface area contributed by atoms with E-state index < -0.39 is 11.8 Å². The maximum absolute atomic E-state index is 13.3. The molecule has 2 aromatic carbocycles. The molecule has 0 N–H and O–H groups in total. The highest BCUT2D eigenvalue weighted by atomic mass is 19.1. The molecule has 0 atom stereocenters. The van der Waals surface area contributed by atoms with Crippen LogP contribution in [-0.2, 0) is 0 Å². The van der Waals surface area contributed by atoms with Crippen molar-refractivity contribution in [1.29, 1.82) is 0 Å². The van der Waals surface area contributed by atoms with Gasteiger partial charge in [-0.15, -0.1) is 0 Å². The van der Waals surface area contributed by atoms with Gasteiger partial charge in [0.05, 0.1) is 7.11 Å². The predicted molar refractivity (Wildman–Crippen MR) is 73.8 cm³/mol. The molecule has 2 aromatic rings. The molecule has 0 bridgehead atoms. The smallest absolute Gasteiger partial charge is 0.347 e. The van der Waals surface area contributed by atoms with Gasteiger partial charge in [0.2, 0.25) is 0 Å². The Morgan fingerprint density at radius 3 is 2.40 bits per heavy atom. The Kier molecular flexibility index (Phi) is 4.03. The molecular formula is C16H15FO3. The molecule has 0 aromatic heterocycles. The van der Waals surface area contributed by atoms with Crippen LogP contribution in [0.3, 0.4) is 0 Å². The number of halogens is 1. The van der Waals surface area contributed by atoms with Gasteiger partial charge in [-0.25, -0.2) is 9.18 Å². The molecule has 0 spiro atoms. The van der Waals surface area contributed by atoms with Crippen molar-refractivity contribution < 1.29 is 18.7 Å². The number of rotatable bonds is 3. The molecule has 0 aliphatic rings. The van der Waals surface area contributed by atoms with Crippen LogP contribution in [0.2, 0.25) is 0 Å². The number of methoxy groups -OCH3 is 1. The zero-order chi connectivity index (χ0) is 14.7. The zero-order valence-electron chi connectivity index (χ0n) is 11.6. The Morgan fingerprint density at radius 1 is 1.05 bits per heavy atom. The molecule has 0 unspecified atom stereocenters. The molecule has 0 aliphatic carbocycles. The van der Waals surface area contributed by atoms with E-state index in [0.717, 1.165) is 17.2 Å². The van der Waals surface area contributed by atoms with Crippen LogP contribution in [0.25, 0.3) is 0 Å². The first-order valence-corrected chi connectivity index (χ1v) is 6.14. The summed E-state index contributed by atoms with van der Waals surface area (Å²) >= 11 is 0. The lowest BCUT2D eigenvalue weighted by Crippen LogP contribution is -2.11. The molecule has 0 saturated heterocycles. The number of aryl methyl sites for hydroxylation is 2. The highest BCUT2D eigenvalue weighted by Gasteiger charge is 2.16. The van der Waals surface area contributed by atoms with Crippen LogP contribution >= 0.6 is 0 Å². The first kappa shape index (κ1) is 14.1. The summed E-state index contributed by atoms with van der Waals surface area (Å²) in [4.78, 5) is 12.1. The van der Waals surface area contributed by atoms with Gasteiger partial charge in [0.1, 0.15) is 22.9 Å². The maximum atomic E-state index is 13.3. The molecule has 0 saturated carbocycles. The van der Waals surface area contributed by atoms with E-state index in [1.807, 2.05) is 26.0 Å². The minimum absolute atomic E-state index is 0.0625. The van der Waals surface area contributed by atoms with Gasteiger partial charge in [0.15, 0.2) is 0 Å². The average molecular weight is 274 g/mol. The lowest BCUT2D eigenvalue weighted by molar-refractivity contribution is 0.0729. The number of ether oxygens (including phenoxy) is 2. The summed E-state index contributed by atoms with van der Waals surface area (Å²) < 4.78 is 23.6. The summed E-state index contributed by atoms with van der Waals surface area (Å²) in [6.45, 7) is 3.80. The van der Waals surface area contributed by atoms with Crippen LogP contribution in [-0.4, -0.2) is 13.1 Å². The highest BCUT2D eigenvalue weighted by molar-refractivity contribution is 5.94. The standard InChI is InChI=1S/C16H15FO3/c1-10-4-6-14(11(2)8-10)20-16(18)13-9-12(17)5-7-15(13)19-3/h4-9H,1-3H3. The fourth-order valence-corrected chi connectivity index (χ4v) is 1.91. The van der Waals surface area contributed by atoms with Gasteiger partial charge in [-0.1, -0.05) is 17.7 Å². The van der Waals surface area contributed by atoms with Crippen molar-refractivity contribution in [3.05, 3.63) is 58.9 Å². The van der Waals surface area contributed by atoms with Crippen LogP contribution in [0.1, 0.15) is 21.5 Å². The highest BCUT2D eigenvalue weighted by Crippen LogP contribution is 2.24. The second kappa shape index (κ2) is 5.74. The first-order valence-electron chi connectivity index (χ1n) is 6.14. The number of carbonyl (C=O) groups excluding carboxylic acids is 1. The first-order chi connectivity index (χ1) is 9.51. The summed E-state index contributed by atoms with van der Waals surface area (Å²) in [6.07, 6.45) is 0. The van der Waals surface area contributed by atoms with Gasteiger partial charge < -0.3 is 9.47 Å². The average Bonchev–Trinajstić information content (AvgIpc) is 2.41.